The Bertz CT molecular complexity index is 2320. The molecule has 0 unspecified atom stereocenters. The third-order valence-corrected chi connectivity index (χ3v) is 10.8. The Kier molecular flexibility index (Phi) is 13.1. The first kappa shape index (κ1) is 41.6. The summed E-state index contributed by atoms with van der Waals surface area (Å²) in [4.78, 5) is 43.7. The zero-order valence-electron chi connectivity index (χ0n) is 33.7. The zero-order valence-corrected chi connectivity index (χ0v) is 33.7. The van der Waals surface area contributed by atoms with Crippen molar-refractivity contribution in [3.8, 4) is 11.5 Å². The summed E-state index contributed by atoms with van der Waals surface area (Å²) in [5.41, 5.74) is 2.67. The van der Waals surface area contributed by atoms with Crippen molar-refractivity contribution in [2.45, 2.75) is 49.7 Å². The van der Waals surface area contributed by atoms with E-state index in [0.717, 1.165) is 27.8 Å². The molecular formula is C48H48N4O8. The van der Waals surface area contributed by atoms with Gasteiger partial charge >= 0.3 is 5.69 Å². The summed E-state index contributed by atoms with van der Waals surface area (Å²) in [5.74, 6) is 0.152. The molecule has 5 aromatic carbocycles. The van der Waals surface area contributed by atoms with Crippen molar-refractivity contribution in [1.29, 1.82) is 0 Å². The molecule has 1 aliphatic rings. The number of aromatic nitrogens is 2. The van der Waals surface area contributed by atoms with E-state index in [1.165, 1.54) is 17.7 Å². The number of carbonyl (C=O) groups is 2. The van der Waals surface area contributed by atoms with Crippen LogP contribution in [0.25, 0.3) is 0 Å². The highest BCUT2D eigenvalue weighted by Crippen LogP contribution is 2.43. The van der Waals surface area contributed by atoms with E-state index < -0.39 is 41.5 Å². The van der Waals surface area contributed by atoms with E-state index in [0.29, 0.717) is 17.9 Å². The number of nitrogens with zero attached hydrogens (tertiary/aromatic N) is 2. The second kappa shape index (κ2) is 19.0. The molecule has 60 heavy (non-hydrogen) atoms. The van der Waals surface area contributed by atoms with Gasteiger partial charge in [0, 0.05) is 32.0 Å². The van der Waals surface area contributed by atoms with E-state index in [1.54, 1.807) is 14.2 Å². The van der Waals surface area contributed by atoms with Crippen molar-refractivity contribution in [3.05, 3.63) is 190 Å². The maximum Gasteiger partial charge on any atom is 0.351 e. The van der Waals surface area contributed by atoms with Crippen LogP contribution in [0.2, 0.25) is 0 Å². The van der Waals surface area contributed by atoms with Crippen LogP contribution in [0.3, 0.4) is 0 Å². The lowest BCUT2D eigenvalue weighted by atomic mass is 9.80. The van der Waals surface area contributed by atoms with Gasteiger partial charge < -0.3 is 34.7 Å². The van der Waals surface area contributed by atoms with E-state index in [-0.39, 0.29) is 36.9 Å². The van der Waals surface area contributed by atoms with Crippen LogP contribution in [0.4, 0.5) is 5.82 Å². The molecule has 3 atom stereocenters. The average molecular weight is 809 g/mol. The van der Waals surface area contributed by atoms with E-state index in [1.807, 2.05) is 115 Å². The second-order valence-corrected chi connectivity index (χ2v) is 14.5. The Morgan fingerprint density at radius 1 is 0.800 bits per heavy atom. The van der Waals surface area contributed by atoms with Crippen LogP contribution in [0.15, 0.2) is 151 Å². The number of nitrogens with one attached hydrogen (secondary N) is 2. The summed E-state index contributed by atoms with van der Waals surface area (Å²) in [5, 5.41) is 16.9. The normalized spacial score (nSPS) is 16.3. The van der Waals surface area contributed by atoms with Gasteiger partial charge in [0.2, 0.25) is 5.91 Å². The van der Waals surface area contributed by atoms with Crippen LogP contribution in [0.5, 0.6) is 11.5 Å². The molecule has 1 aromatic heterocycles. The summed E-state index contributed by atoms with van der Waals surface area (Å²) in [6, 6.07) is 45.0. The Morgan fingerprint density at radius 2 is 1.32 bits per heavy atom. The molecule has 2 heterocycles. The molecule has 1 aliphatic heterocycles. The van der Waals surface area contributed by atoms with Gasteiger partial charge in [-0.3, -0.25) is 14.2 Å². The van der Waals surface area contributed by atoms with Crippen molar-refractivity contribution >= 4 is 17.6 Å². The van der Waals surface area contributed by atoms with Gasteiger partial charge in [-0.25, -0.2) is 4.79 Å². The number of ether oxygens (including phenoxy) is 4. The number of carbonyl (C=O) groups excluding carboxylic acids is 2. The van der Waals surface area contributed by atoms with E-state index in [4.69, 9.17) is 18.9 Å². The van der Waals surface area contributed by atoms with E-state index in [2.05, 4.69) is 39.9 Å². The van der Waals surface area contributed by atoms with Gasteiger partial charge in [-0.1, -0.05) is 115 Å². The standard InChI is InChI=1S/C48H48N4O8/c1-32(53)50-45-41(46(55)49-28-27-40(33-13-7-4-8-14-33)34-15-9-5-10-16-34)30-52(47(56)51-45)44-29-42(54)43(60-44)31-59-48(35-17-11-6-12-18-35,36-19-23-38(57-2)24-20-36)37-21-25-39(58-3)26-22-37/h4-26,30,40,42-44,54H,27-29,31H2,1-3H3,(H,49,55)(H,50,51,53,56)/t42-,43+,44+/m0/s1. The Labute approximate surface area is 348 Å². The number of aliphatic hydroxyl groups is 1. The molecular weight excluding hydrogens is 761 g/mol. The first-order chi connectivity index (χ1) is 29.2. The average Bonchev–Trinajstić information content (AvgIpc) is 3.65. The molecule has 6 aromatic rings. The van der Waals surface area contributed by atoms with Gasteiger partial charge in [0.25, 0.3) is 5.91 Å². The lowest BCUT2D eigenvalue weighted by Gasteiger charge is -2.37. The Morgan fingerprint density at radius 3 is 1.83 bits per heavy atom. The van der Waals surface area contributed by atoms with Crippen molar-refractivity contribution < 1.29 is 33.6 Å². The van der Waals surface area contributed by atoms with Gasteiger partial charge in [-0.15, -0.1) is 0 Å². The molecule has 1 saturated heterocycles. The van der Waals surface area contributed by atoms with Crippen LogP contribution < -0.4 is 25.8 Å². The molecule has 0 spiro atoms. The molecule has 0 aliphatic carbocycles. The molecule has 12 nitrogen and oxygen atoms in total. The van der Waals surface area contributed by atoms with Gasteiger partial charge in [0.05, 0.1) is 32.5 Å². The first-order valence-corrected chi connectivity index (χ1v) is 19.8. The number of rotatable bonds is 16. The monoisotopic (exact) mass is 808 g/mol. The predicted octanol–water partition coefficient (Wildman–Crippen LogP) is 6.83. The van der Waals surface area contributed by atoms with Crippen LogP contribution in [-0.4, -0.2) is 66.1 Å². The minimum absolute atomic E-state index is 0.00932. The van der Waals surface area contributed by atoms with E-state index in [9.17, 15) is 19.5 Å². The number of benzene rings is 5. The summed E-state index contributed by atoms with van der Waals surface area (Å²) < 4.78 is 25.5. The van der Waals surface area contributed by atoms with Crippen molar-refractivity contribution in [3.63, 3.8) is 0 Å². The fourth-order valence-electron chi connectivity index (χ4n) is 7.74. The maximum atomic E-state index is 13.9. The molecule has 12 heteroatoms. The summed E-state index contributed by atoms with van der Waals surface area (Å²) >= 11 is 0. The number of amides is 2. The highest BCUT2D eigenvalue weighted by atomic mass is 16.6. The molecule has 7 rings (SSSR count). The number of methoxy groups -OCH3 is 2. The quantitative estimate of drug-likeness (QED) is 0.0895. The van der Waals surface area contributed by atoms with Crippen LogP contribution in [0.1, 0.15) is 70.1 Å². The van der Waals surface area contributed by atoms with Crippen LogP contribution >= 0.6 is 0 Å². The predicted molar refractivity (Wildman–Crippen MR) is 227 cm³/mol. The summed E-state index contributed by atoms with van der Waals surface area (Å²) in [6.07, 6.45) is -1.02. The second-order valence-electron chi connectivity index (χ2n) is 14.5. The highest BCUT2D eigenvalue weighted by Gasteiger charge is 2.42. The van der Waals surface area contributed by atoms with Crippen molar-refractivity contribution in [2.75, 3.05) is 32.7 Å². The van der Waals surface area contributed by atoms with Gasteiger partial charge in [0.1, 0.15) is 29.4 Å². The Balaban J connectivity index is 1.14. The molecule has 3 N–H and O–H groups in total. The summed E-state index contributed by atoms with van der Waals surface area (Å²) in [7, 11) is 3.21. The van der Waals surface area contributed by atoms with Crippen molar-refractivity contribution in [1.82, 2.24) is 14.9 Å². The van der Waals surface area contributed by atoms with Gasteiger partial charge in [-0.2, -0.15) is 4.98 Å². The smallest absolute Gasteiger partial charge is 0.351 e. The van der Waals surface area contributed by atoms with Crippen LogP contribution in [0, 0.1) is 0 Å². The maximum absolute atomic E-state index is 13.9. The fraction of sp³-hybridized carbons (Fsp3) is 0.250. The number of anilines is 1. The zero-order chi connectivity index (χ0) is 42.1. The minimum Gasteiger partial charge on any atom is -0.497 e. The summed E-state index contributed by atoms with van der Waals surface area (Å²) in [6.45, 7) is 1.47. The lowest BCUT2D eigenvalue weighted by molar-refractivity contribution is -0.114. The molecule has 0 bridgehead atoms. The molecule has 2 amide bonds. The minimum atomic E-state index is -1.18. The topological polar surface area (TPSA) is 150 Å². The third-order valence-electron chi connectivity index (χ3n) is 10.8. The lowest BCUT2D eigenvalue weighted by Crippen LogP contribution is -2.38. The van der Waals surface area contributed by atoms with Crippen LogP contribution in [-0.2, 0) is 19.9 Å². The van der Waals surface area contributed by atoms with Gasteiger partial charge in [-0.05, 0) is 58.5 Å². The molecule has 308 valence electrons. The molecule has 1 fully saturated rings. The number of hydrogen-bond donors (Lipinski definition) is 3. The molecule has 0 radical (unpaired) electrons. The number of aliphatic hydroxyl groups excluding tert-OH is 1. The SMILES string of the molecule is COc1ccc(C(OC[C@H]2O[C@@H](n3cc(C(=O)NCCC(c4ccccc4)c4ccccc4)c(NC(C)=O)nc3=O)C[C@@H]2O)(c2ccccc2)c2ccc(OC)cc2)cc1. The Hall–Kier alpha value is -6.60. The fourth-order valence-corrected chi connectivity index (χ4v) is 7.74. The number of hydrogen-bond acceptors (Lipinski definition) is 9. The van der Waals surface area contributed by atoms with Gasteiger partial charge in [0.15, 0.2) is 5.82 Å². The van der Waals surface area contributed by atoms with E-state index >= 15 is 0 Å². The van der Waals surface area contributed by atoms with Crippen molar-refractivity contribution in [2.24, 2.45) is 0 Å². The molecule has 0 saturated carbocycles. The first-order valence-electron chi connectivity index (χ1n) is 19.8. The largest absolute Gasteiger partial charge is 0.497 e. The third kappa shape index (κ3) is 9.16. The highest BCUT2D eigenvalue weighted by molar-refractivity contribution is 6.02.